The normalized spacial score (nSPS) is 10.9. The van der Waals surface area contributed by atoms with E-state index in [0.29, 0.717) is 5.69 Å². The Morgan fingerprint density at radius 1 is 1.20 bits per heavy atom. The van der Waals surface area contributed by atoms with Gasteiger partial charge >= 0.3 is 0 Å². The Morgan fingerprint density at radius 3 is 2.27 bits per heavy atom. The molecule has 0 aliphatic carbocycles. The van der Waals surface area contributed by atoms with Gasteiger partial charge in [-0.2, -0.15) is 10.2 Å². The Labute approximate surface area is 88.5 Å². The SMILES string of the molecule is Cc1nn(C)c(C)c1-c1c(N)cnn1C. The van der Waals surface area contributed by atoms with Gasteiger partial charge in [-0.3, -0.25) is 9.36 Å². The van der Waals surface area contributed by atoms with Gasteiger partial charge in [-0.25, -0.2) is 0 Å². The average molecular weight is 205 g/mol. The fourth-order valence-electron chi connectivity index (χ4n) is 1.88. The van der Waals surface area contributed by atoms with E-state index in [4.69, 9.17) is 5.73 Å². The van der Waals surface area contributed by atoms with Crippen LogP contribution in [-0.4, -0.2) is 19.6 Å². The zero-order chi connectivity index (χ0) is 11.2. The Hall–Kier alpha value is -1.78. The van der Waals surface area contributed by atoms with E-state index in [9.17, 15) is 0 Å². The van der Waals surface area contributed by atoms with Crippen molar-refractivity contribution in [2.24, 2.45) is 14.1 Å². The molecule has 2 N–H and O–H groups in total. The second-order valence-electron chi connectivity index (χ2n) is 3.74. The van der Waals surface area contributed by atoms with Crippen molar-refractivity contribution < 1.29 is 0 Å². The zero-order valence-corrected chi connectivity index (χ0v) is 9.44. The smallest absolute Gasteiger partial charge is 0.0945 e. The molecule has 0 bridgehead atoms. The molecule has 5 heteroatoms. The maximum absolute atomic E-state index is 5.90. The van der Waals surface area contributed by atoms with Gasteiger partial charge in [0.15, 0.2) is 0 Å². The first-order valence-electron chi connectivity index (χ1n) is 4.80. The monoisotopic (exact) mass is 205 g/mol. The summed E-state index contributed by atoms with van der Waals surface area (Å²) in [6.45, 7) is 4.01. The van der Waals surface area contributed by atoms with Crippen molar-refractivity contribution in [1.29, 1.82) is 0 Å². The molecule has 2 aromatic heterocycles. The van der Waals surface area contributed by atoms with Crippen LogP contribution in [0.3, 0.4) is 0 Å². The minimum absolute atomic E-state index is 0.691. The van der Waals surface area contributed by atoms with Crippen molar-refractivity contribution in [2.45, 2.75) is 13.8 Å². The fraction of sp³-hybridized carbons (Fsp3) is 0.400. The summed E-state index contributed by atoms with van der Waals surface area (Å²) in [5, 5.41) is 8.51. The quantitative estimate of drug-likeness (QED) is 0.756. The fourth-order valence-corrected chi connectivity index (χ4v) is 1.88. The highest BCUT2D eigenvalue weighted by Gasteiger charge is 2.17. The number of anilines is 1. The summed E-state index contributed by atoms with van der Waals surface area (Å²) in [6.07, 6.45) is 1.67. The lowest BCUT2D eigenvalue weighted by Gasteiger charge is -2.04. The molecule has 0 spiro atoms. The average Bonchev–Trinajstić information content (AvgIpc) is 2.59. The first kappa shape index (κ1) is 9.76. The molecule has 80 valence electrons. The molecule has 0 unspecified atom stereocenters. The molecule has 0 fully saturated rings. The van der Waals surface area contributed by atoms with Gasteiger partial charge in [-0.1, -0.05) is 0 Å². The zero-order valence-electron chi connectivity index (χ0n) is 9.44. The van der Waals surface area contributed by atoms with Crippen molar-refractivity contribution in [3.05, 3.63) is 17.6 Å². The summed E-state index contributed by atoms with van der Waals surface area (Å²) in [7, 11) is 3.82. The van der Waals surface area contributed by atoms with E-state index in [-0.39, 0.29) is 0 Å². The van der Waals surface area contributed by atoms with Crippen LogP contribution in [0.4, 0.5) is 5.69 Å². The lowest BCUT2D eigenvalue weighted by atomic mass is 10.1. The molecule has 2 aromatic rings. The highest BCUT2D eigenvalue weighted by Crippen LogP contribution is 2.30. The predicted octanol–water partition coefficient (Wildman–Crippen LogP) is 1.02. The number of nitrogen functional groups attached to an aromatic ring is 1. The van der Waals surface area contributed by atoms with Crippen LogP contribution in [0.1, 0.15) is 11.4 Å². The molecular formula is C10H15N5. The molecular weight excluding hydrogens is 190 g/mol. The molecule has 0 amide bonds. The summed E-state index contributed by atoms with van der Waals surface area (Å²) in [4.78, 5) is 0. The number of hydrogen-bond donors (Lipinski definition) is 1. The highest BCUT2D eigenvalue weighted by atomic mass is 15.3. The van der Waals surface area contributed by atoms with Crippen LogP contribution in [0.5, 0.6) is 0 Å². The van der Waals surface area contributed by atoms with Crippen LogP contribution >= 0.6 is 0 Å². The molecule has 0 aromatic carbocycles. The Balaban J connectivity index is 2.74. The van der Waals surface area contributed by atoms with E-state index in [1.165, 1.54) is 0 Å². The number of nitrogens with zero attached hydrogens (tertiary/aromatic N) is 4. The highest BCUT2D eigenvalue weighted by molar-refractivity contribution is 5.75. The third kappa shape index (κ3) is 1.31. The van der Waals surface area contributed by atoms with Gasteiger partial charge in [0.1, 0.15) is 0 Å². The number of aromatic nitrogens is 4. The van der Waals surface area contributed by atoms with Crippen LogP contribution in [0.25, 0.3) is 11.3 Å². The molecule has 2 rings (SSSR count). The van der Waals surface area contributed by atoms with Crippen LogP contribution in [0.2, 0.25) is 0 Å². The molecule has 0 aliphatic rings. The summed E-state index contributed by atoms with van der Waals surface area (Å²) >= 11 is 0. The lowest BCUT2D eigenvalue weighted by Crippen LogP contribution is -1.98. The molecule has 0 saturated carbocycles. The standard InChI is InChI=1S/C10H15N5/c1-6-9(7(2)14(3)13-6)10-8(11)5-12-15(10)4/h5H,11H2,1-4H3. The van der Waals surface area contributed by atoms with Gasteiger partial charge in [0.2, 0.25) is 0 Å². The van der Waals surface area contributed by atoms with E-state index in [0.717, 1.165) is 22.6 Å². The van der Waals surface area contributed by atoms with Gasteiger partial charge in [0.05, 0.1) is 23.3 Å². The maximum Gasteiger partial charge on any atom is 0.0945 e. The molecule has 2 heterocycles. The second kappa shape index (κ2) is 3.12. The molecule has 5 nitrogen and oxygen atoms in total. The van der Waals surface area contributed by atoms with E-state index in [1.54, 1.807) is 10.9 Å². The van der Waals surface area contributed by atoms with Crippen LogP contribution in [-0.2, 0) is 14.1 Å². The van der Waals surface area contributed by atoms with Gasteiger partial charge < -0.3 is 5.73 Å². The van der Waals surface area contributed by atoms with Gasteiger partial charge in [0.25, 0.3) is 0 Å². The minimum Gasteiger partial charge on any atom is -0.396 e. The number of nitrogens with two attached hydrogens (primary N) is 1. The van der Waals surface area contributed by atoms with Crippen LogP contribution in [0.15, 0.2) is 6.20 Å². The van der Waals surface area contributed by atoms with E-state index in [1.807, 2.05) is 32.6 Å². The third-order valence-corrected chi connectivity index (χ3v) is 2.71. The maximum atomic E-state index is 5.90. The number of hydrogen-bond acceptors (Lipinski definition) is 3. The van der Waals surface area contributed by atoms with Gasteiger partial charge in [-0.15, -0.1) is 0 Å². The molecule has 15 heavy (non-hydrogen) atoms. The molecule has 0 aliphatic heterocycles. The summed E-state index contributed by atoms with van der Waals surface area (Å²) < 4.78 is 3.64. The number of rotatable bonds is 1. The summed E-state index contributed by atoms with van der Waals surface area (Å²) in [5.74, 6) is 0. The van der Waals surface area contributed by atoms with Crippen LogP contribution in [0, 0.1) is 13.8 Å². The van der Waals surface area contributed by atoms with Crippen molar-refractivity contribution in [2.75, 3.05) is 5.73 Å². The first-order valence-corrected chi connectivity index (χ1v) is 4.80. The largest absolute Gasteiger partial charge is 0.396 e. The van der Waals surface area contributed by atoms with Crippen molar-refractivity contribution in [3.63, 3.8) is 0 Å². The van der Waals surface area contributed by atoms with Crippen LogP contribution < -0.4 is 5.73 Å². The number of aryl methyl sites for hydroxylation is 3. The minimum atomic E-state index is 0.691. The van der Waals surface area contributed by atoms with Crippen molar-refractivity contribution in [1.82, 2.24) is 19.6 Å². The first-order chi connectivity index (χ1) is 7.02. The van der Waals surface area contributed by atoms with E-state index < -0.39 is 0 Å². The van der Waals surface area contributed by atoms with Gasteiger partial charge in [-0.05, 0) is 13.8 Å². The predicted molar refractivity (Wildman–Crippen MR) is 59.3 cm³/mol. The Kier molecular flexibility index (Phi) is 2.03. The van der Waals surface area contributed by atoms with Crippen molar-refractivity contribution >= 4 is 5.69 Å². The van der Waals surface area contributed by atoms with Crippen molar-refractivity contribution in [3.8, 4) is 11.3 Å². The topological polar surface area (TPSA) is 61.7 Å². The second-order valence-corrected chi connectivity index (χ2v) is 3.74. The molecule has 0 saturated heterocycles. The van der Waals surface area contributed by atoms with Gasteiger partial charge in [0, 0.05) is 25.4 Å². The molecule has 0 atom stereocenters. The molecule has 0 radical (unpaired) electrons. The summed E-state index contributed by atoms with van der Waals surface area (Å²) in [5.41, 5.74) is 10.7. The van der Waals surface area contributed by atoms with E-state index >= 15 is 0 Å². The third-order valence-electron chi connectivity index (χ3n) is 2.71. The summed E-state index contributed by atoms with van der Waals surface area (Å²) in [6, 6.07) is 0. The Bertz CT molecular complexity index is 487. The Morgan fingerprint density at radius 2 is 1.87 bits per heavy atom. The lowest BCUT2D eigenvalue weighted by molar-refractivity contribution is 0.731. The van der Waals surface area contributed by atoms with E-state index in [2.05, 4.69) is 10.2 Å².